The largest absolute Gasteiger partial charge is 0.508 e. The van der Waals surface area contributed by atoms with E-state index in [0.29, 0.717) is 11.4 Å². The maximum absolute atomic E-state index is 11.5. The van der Waals surface area contributed by atoms with Crippen LogP contribution in [0.2, 0.25) is 0 Å². The van der Waals surface area contributed by atoms with E-state index in [-0.39, 0.29) is 22.6 Å². The van der Waals surface area contributed by atoms with Crippen LogP contribution in [0.25, 0.3) is 0 Å². The number of anilines is 2. The number of rotatable bonds is 4. The van der Waals surface area contributed by atoms with Crippen molar-refractivity contribution in [2.45, 2.75) is 0 Å². The Bertz CT molecular complexity index is 693. The molecule has 0 bridgehead atoms. The van der Waals surface area contributed by atoms with Crippen molar-refractivity contribution in [3.63, 3.8) is 0 Å². The number of carbonyl (C=O) groups is 2. The molecule has 2 aromatic carbocycles. The van der Waals surface area contributed by atoms with E-state index < -0.39 is 11.9 Å². The lowest BCUT2D eigenvalue weighted by Crippen LogP contribution is -2.03. The first-order valence-corrected chi connectivity index (χ1v) is 6.54. The third kappa shape index (κ3) is 3.91. The molecule has 0 saturated heterocycles. The molecule has 7 nitrogen and oxygen atoms in total. The number of ether oxygens (including phenoxy) is 2. The van der Waals surface area contributed by atoms with Gasteiger partial charge >= 0.3 is 11.9 Å². The summed E-state index contributed by atoms with van der Waals surface area (Å²) >= 11 is 0. The summed E-state index contributed by atoms with van der Waals surface area (Å²) in [5.41, 5.74) is 1.07. The molecule has 2 aromatic rings. The number of methoxy groups -OCH3 is 2. The number of esters is 2. The molecule has 0 spiro atoms. The van der Waals surface area contributed by atoms with Crippen LogP contribution in [-0.2, 0) is 9.47 Å². The fourth-order valence-corrected chi connectivity index (χ4v) is 2.00. The van der Waals surface area contributed by atoms with Gasteiger partial charge in [0.15, 0.2) is 0 Å². The smallest absolute Gasteiger partial charge is 0.338 e. The van der Waals surface area contributed by atoms with Crippen LogP contribution in [0.3, 0.4) is 0 Å². The van der Waals surface area contributed by atoms with Gasteiger partial charge in [0.25, 0.3) is 0 Å². The van der Waals surface area contributed by atoms with Gasteiger partial charge < -0.3 is 25.0 Å². The Morgan fingerprint density at radius 1 is 0.783 bits per heavy atom. The van der Waals surface area contributed by atoms with E-state index in [4.69, 9.17) is 0 Å². The van der Waals surface area contributed by atoms with Crippen molar-refractivity contribution < 1.29 is 29.3 Å². The number of nitrogens with one attached hydrogen (secondary N) is 1. The zero-order valence-electron chi connectivity index (χ0n) is 12.5. The zero-order valence-corrected chi connectivity index (χ0v) is 12.5. The van der Waals surface area contributed by atoms with Crippen LogP contribution in [0, 0.1) is 0 Å². The molecule has 0 aliphatic rings. The summed E-state index contributed by atoms with van der Waals surface area (Å²) in [6, 6.07) is 8.22. The molecule has 0 radical (unpaired) electrons. The van der Waals surface area contributed by atoms with Gasteiger partial charge in [-0.1, -0.05) is 0 Å². The van der Waals surface area contributed by atoms with Gasteiger partial charge in [-0.2, -0.15) is 0 Å². The third-order valence-corrected chi connectivity index (χ3v) is 2.97. The molecule has 120 valence electrons. The number of hydrogen-bond donors (Lipinski definition) is 3. The van der Waals surface area contributed by atoms with Gasteiger partial charge in [-0.15, -0.1) is 0 Å². The summed E-state index contributed by atoms with van der Waals surface area (Å²) in [7, 11) is 2.47. The van der Waals surface area contributed by atoms with Gasteiger partial charge in [0.05, 0.1) is 25.3 Å². The molecule has 0 aliphatic heterocycles. The van der Waals surface area contributed by atoms with Crippen LogP contribution in [0.1, 0.15) is 20.7 Å². The highest BCUT2D eigenvalue weighted by atomic mass is 16.5. The fraction of sp³-hybridized carbons (Fsp3) is 0.125. The van der Waals surface area contributed by atoms with Crippen LogP contribution in [0.15, 0.2) is 36.4 Å². The molecule has 0 fully saturated rings. The van der Waals surface area contributed by atoms with Gasteiger partial charge in [-0.3, -0.25) is 0 Å². The Kier molecular flexibility index (Phi) is 4.70. The summed E-state index contributed by atoms with van der Waals surface area (Å²) in [6.07, 6.45) is 0. The minimum absolute atomic E-state index is 0.135. The molecule has 0 atom stereocenters. The lowest BCUT2D eigenvalue weighted by atomic mass is 10.1. The Morgan fingerprint density at radius 3 is 1.52 bits per heavy atom. The molecule has 0 unspecified atom stereocenters. The Morgan fingerprint density at radius 2 is 1.17 bits per heavy atom. The summed E-state index contributed by atoms with van der Waals surface area (Å²) in [4.78, 5) is 23.1. The standard InChI is InChI=1S/C16H15NO6/c1-22-15(20)9-3-11(7-13(18)5-9)17-12-4-10(16(21)23-2)6-14(19)8-12/h3-8,17-19H,1-2H3. The average molecular weight is 317 g/mol. The number of phenolic OH excluding ortho intramolecular Hbond substituents is 2. The lowest BCUT2D eigenvalue weighted by molar-refractivity contribution is 0.0591. The fourth-order valence-electron chi connectivity index (χ4n) is 2.00. The van der Waals surface area contributed by atoms with Crippen LogP contribution in [0.5, 0.6) is 11.5 Å². The van der Waals surface area contributed by atoms with Crippen LogP contribution in [-0.4, -0.2) is 36.4 Å². The Labute approximate surface area is 132 Å². The van der Waals surface area contributed by atoms with E-state index in [2.05, 4.69) is 14.8 Å². The maximum atomic E-state index is 11.5. The summed E-state index contributed by atoms with van der Waals surface area (Å²) in [5.74, 6) is -1.47. The second-order valence-corrected chi connectivity index (χ2v) is 4.65. The SMILES string of the molecule is COC(=O)c1cc(O)cc(Nc2cc(O)cc(C(=O)OC)c2)c1. The van der Waals surface area contributed by atoms with E-state index in [1.165, 1.54) is 50.6 Å². The highest BCUT2D eigenvalue weighted by molar-refractivity contribution is 5.92. The molecule has 0 amide bonds. The van der Waals surface area contributed by atoms with Crippen molar-refractivity contribution in [2.75, 3.05) is 19.5 Å². The normalized spacial score (nSPS) is 10.0. The highest BCUT2D eigenvalue weighted by Crippen LogP contribution is 2.27. The van der Waals surface area contributed by atoms with Gasteiger partial charge in [0.2, 0.25) is 0 Å². The van der Waals surface area contributed by atoms with Crippen molar-refractivity contribution in [3.05, 3.63) is 47.5 Å². The number of hydrogen-bond acceptors (Lipinski definition) is 7. The van der Waals surface area contributed by atoms with Gasteiger partial charge in [0.1, 0.15) is 11.5 Å². The van der Waals surface area contributed by atoms with E-state index in [0.717, 1.165) is 0 Å². The van der Waals surface area contributed by atoms with E-state index >= 15 is 0 Å². The van der Waals surface area contributed by atoms with Gasteiger partial charge in [-0.25, -0.2) is 9.59 Å². The first-order chi connectivity index (χ1) is 10.9. The minimum atomic E-state index is -0.602. The molecule has 0 saturated carbocycles. The molecule has 3 N–H and O–H groups in total. The second-order valence-electron chi connectivity index (χ2n) is 4.65. The average Bonchev–Trinajstić information content (AvgIpc) is 2.52. The molecular weight excluding hydrogens is 302 g/mol. The Hall–Kier alpha value is -3.22. The lowest BCUT2D eigenvalue weighted by Gasteiger charge is -2.10. The van der Waals surface area contributed by atoms with Gasteiger partial charge in [-0.05, 0) is 24.3 Å². The monoisotopic (exact) mass is 317 g/mol. The van der Waals surface area contributed by atoms with Crippen molar-refractivity contribution in [1.82, 2.24) is 0 Å². The van der Waals surface area contributed by atoms with E-state index in [1.54, 1.807) is 0 Å². The zero-order chi connectivity index (χ0) is 17.0. The van der Waals surface area contributed by atoms with Crippen LogP contribution < -0.4 is 5.32 Å². The van der Waals surface area contributed by atoms with Crippen LogP contribution >= 0.6 is 0 Å². The quantitative estimate of drug-likeness (QED) is 0.744. The number of benzene rings is 2. The predicted octanol–water partition coefficient (Wildman–Crippen LogP) is 2.41. The molecule has 7 heteroatoms. The number of phenols is 2. The van der Waals surface area contributed by atoms with Crippen molar-refractivity contribution >= 4 is 23.3 Å². The van der Waals surface area contributed by atoms with Crippen molar-refractivity contribution in [3.8, 4) is 11.5 Å². The molecule has 0 heterocycles. The van der Waals surface area contributed by atoms with Crippen LogP contribution in [0.4, 0.5) is 11.4 Å². The second kappa shape index (κ2) is 6.69. The Balaban J connectivity index is 2.35. The molecule has 2 rings (SSSR count). The van der Waals surface area contributed by atoms with Crippen molar-refractivity contribution in [1.29, 1.82) is 0 Å². The topological polar surface area (TPSA) is 105 Å². The van der Waals surface area contributed by atoms with E-state index in [9.17, 15) is 19.8 Å². The highest BCUT2D eigenvalue weighted by Gasteiger charge is 2.11. The van der Waals surface area contributed by atoms with Gasteiger partial charge in [0, 0.05) is 23.5 Å². The maximum Gasteiger partial charge on any atom is 0.338 e. The molecule has 0 aliphatic carbocycles. The third-order valence-electron chi connectivity index (χ3n) is 2.97. The minimum Gasteiger partial charge on any atom is -0.508 e. The number of aromatic hydroxyl groups is 2. The molecule has 0 aromatic heterocycles. The number of carbonyl (C=O) groups excluding carboxylic acids is 2. The summed E-state index contributed by atoms with van der Waals surface area (Å²) < 4.78 is 9.20. The van der Waals surface area contributed by atoms with E-state index in [1.807, 2.05) is 0 Å². The summed E-state index contributed by atoms with van der Waals surface area (Å²) in [5, 5.41) is 22.2. The van der Waals surface area contributed by atoms with Crippen molar-refractivity contribution in [2.24, 2.45) is 0 Å². The first-order valence-electron chi connectivity index (χ1n) is 6.54. The summed E-state index contributed by atoms with van der Waals surface area (Å²) in [6.45, 7) is 0. The molecular formula is C16H15NO6. The first kappa shape index (κ1) is 16.2. The predicted molar refractivity (Wildman–Crippen MR) is 82.2 cm³/mol. The molecule has 23 heavy (non-hydrogen) atoms.